The Morgan fingerprint density at radius 3 is 1.57 bits per heavy atom. The summed E-state index contributed by atoms with van der Waals surface area (Å²) in [5.41, 5.74) is 5.89. The van der Waals surface area contributed by atoms with E-state index in [4.69, 9.17) is 4.99 Å². The van der Waals surface area contributed by atoms with E-state index in [9.17, 15) is 8.42 Å². The summed E-state index contributed by atoms with van der Waals surface area (Å²) in [6, 6.07) is 47.0. The van der Waals surface area contributed by atoms with Crippen LogP contribution < -0.4 is 4.72 Å². The lowest BCUT2D eigenvalue weighted by Crippen LogP contribution is -2.31. The number of hydrogen-bond donors (Lipinski definition) is 1. The molecule has 0 aromatic heterocycles. The predicted octanol–water partition coefficient (Wildman–Crippen LogP) is 7.34. The molecule has 200 valence electrons. The van der Waals surface area contributed by atoms with Gasteiger partial charge in [-0.15, -0.1) is 0 Å². The highest BCUT2D eigenvalue weighted by Gasteiger charge is 2.28. The number of sulfonamides is 1. The van der Waals surface area contributed by atoms with Gasteiger partial charge in [-0.25, -0.2) is 13.1 Å². The summed E-state index contributed by atoms with van der Waals surface area (Å²) >= 11 is 0. The number of aryl methyl sites for hydroxylation is 1. The minimum atomic E-state index is -3.73. The molecule has 0 saturated heterocycles. The summed E-state index contributed by atoms with van der Waals surface area (Å²) in [6.07, 6.45) is 0. The highest BCUT2D eigenvalue weighted by Crippen LogP contribution is 2.35. The third kappa shape index (κ3) is 6.63. The number of hydrogen-bond acceptors (Lipinski definition) is 3. The molecule has 0 aliphatic carbocycles. The number of nitrogens with zero attached hydrogens (tertiary/aromatic N) is 1. The average Bonchev–Trinajstić information content (AvgIpc) is 3.01. The maximum absolute atomic E-state index is 13.4. The monoisotopic (exact) mass is 544 g/mol. The van der Waals surface area contributed by atoms with Gasteiger partial charge in [-0.2, -0.15) is 0 Å². The van der Waals surface area contributed by atoms with Gasteiger partial charge in [0.25, 0.3) is 0 Å². The van der Waals surface area contributed by atoms with Crippen molar-refractivity contribution in [1.29, 1.82) is 0 Å². The fourth-order valence-electron chi connectivity index (χ4n) is 4.81. The molecule has 0 bridgehead atoms. The standard InChI is InChI=1S/C35H32N2O2S/c1-27-22-24-32(25-23-27)40(38,39)36-26-33(28-14-6-2-7-15-28)35(31-20-12-5-13-21-31)37-34(29-16-8-3-9-17-29)30-18-10-4-11-19-30/h2-25,33,35-36H,26H2,1H3/t33-,35+/m0/s1. The fraction of sp³-hybridized carbons (Fsp3) is 0.114. The third-order valence-electron chi connectivity index (χ3n) is 6.94. The van der Waals surface area contributed by atoms with Crippen LogP contribution in [0.3, 0.4) is 0 Å². The molecule has 1 N–H and O–H groups in total. The maximum atomic E-state index is 13.4. The lowest BCUT2D eigenvalue weighted by Gasteiger charge is -2.27. The first-order valence-corrected chi connectivity index (χ1v) is 14.8. The Labute approximate surface area is 237 Å². The van der Waals surface area contributed by atoms with Gasteiger partial charge in [0.05, 0.1) is 16.6 Å². The Morgan fingerprint density at radius 2 is 1.07 bits per heavy atom. The van der Waals surface area contributed by atoms with Crippen LogP contribution in [-0.4, -0.2) is 20.7 Å². The summed E-state index contributed by atoms with van der Waals surface area (Å²) in [5, 5.41) is 0. The molecule has 0 aliphatic heterocycles. The van der Waals surface area contributed by atoms with E-state index in [-0.39, 0.29) is 23.4 Å². The molecule has 40 heavy (non-hydrogen) atoms. The Balaban J connectivity index is 1.63. The second-order valence-electron chi connectivity index (χ2n) is 9.75. The van der Waals surface area contributed by atoms with Crippen molar-refractivity contribution >= 4 is 15.7 Å². The van der Waals surface area contributed by atoms with Gasteiger partial charge in [0, 0.05) is 23.6 Å². The van der Waals surface area contributed by atoms with Gasteiger partial charge in [0.2, 0.25) is 10.0 Å². The molecule has 5 heteroatoms. The van der Waals surface area contributed by atoms with Gasteiger partial charge in [-0.05, 0) is 30.2 Å². The van der Waals surface area contributed by atoms with Crippen LogP contribution in [0.1, 0.15) is 39.8 Å². The van der Waals surface area contributed by atoms with E-state index in [1.54, 1.807) is 12.1 Å². The molecule has 0 aliphatic rings. The van der Waals surface area contributed by atoms with E-state index in [1.807, 2.05) is 104 Å². The topological polar surface area (TPSA) is 58.5 Å². The van der Waals surface area contributed by atoms with Crippen LogP contribution in [0.5, 0.6) is 0 Å². The number of nitrogens with one attached hydrogen (secondary N) is 1. The van der Waals surface area contributed by atoms with Crippen molar-refractivity contribution in [3.05, 3.63) is 173 Å². The first-order valence-electron chi connectivity index (χ1n) is 13.4. The van der Waals surface area contributed by atoms with Crippen molar-refractivity contribution in [3.8, 4) is 0 Å². The van der Waals surface area contributed by atoms with Crippen LogP contribution in [0.4, 0.5) is 0 Å². The molecule has 5 aromatic rings. The quantitative estimate of drug-likeness (QED) is 0.187. The van der Waals surface area contributed by atoms with Crippen LogP contribution in [0.15, 0.2) is 155 Å². The molecule has 0 heterocycles. The van der Waals surface area contributed by atoms with Crippen LogP contribution in [-0.2, 0) is 10.0 Å². The summed E-state index contributed by atoms with van der Waals surface area (Å²) in [4.78, 5) is 5.68. The average molecular weight is 545 g/mol. The minimum Gasteiger partial charge on any atom is -0.275 e. The Hall–Kier alpha value is -4.32. The largest absolute Gasteiger partial charge is 0.275 e. The third-order valence-corrected chi connectivity index (χ3v) is 8.38. The highest BCUT2D eigenvalue weighted by atomic mass is 32.2. The summed E-state index contributed by atoms with van der Waals surface area (Å²) in [7, 11) is -3.73. The first-order chi connectivity index (χ1) is 19.5. The molecule has 0 radical (unpaired) electrons. The van der Waals surface area contributed by atoms with Gasteiger partial charge in [0.15, 0.2) is 0 Å². The van der Waals surface area contributed by atoms with E-state index in [0.717, 1.165) is 33.5 Å². The van der Waals surface area contributed by atoms with Gasteiger partial charge in [-0.3, -0.25) is 4.99 Å². The summed E-state index contributed by atoms with van der Waals surface area (Å²) in [5.74, 6) is -0.272. The molecule has 0 spiro atoms. The molecule has 0 amide bonds. The maximum Gasteiger partial charge on any atom is 0.240 e. The first kappa shape index (κ1) is 27.3. The van der Waals surface area contributed by atoms with Crippen molar-refractivity contribution in [1.82, 2.24) is 4.72 Å². The lowest BCUT2D eigenvalue weighted by molar-refractivity contribution is 0.529. The predicted molar refractivity (Wildman–Crippen MR) is 163 cm³/mol. The Bertz CT molecular complexity index is 1600. The van der Waals surface area contributed by atoms with Crippen molar-refractivity contribution in [2.45, 2.75) is 23.8 Å². The highest BCUT2D eigenvalue weighted by molar-refractivity contribution is 7.89. The van der Waals surface area contributed by atoms with E-state index in [2.05, 4.69) is 41.1 Å². The van der Waals surface area contributed by atoms with Gasteiger partial charge in [-0.1, -0.05) is 139 Å². The molecule has 0 saturated carbocycles. The Morgan fingerprint density at radius 1 is 0.625 bits per heavy atom. The molecular weight excluding hydrogens is 512 g/mol. The zero-order valence-electron chi connectivity index (χ0n) is 22.4. The molecule has 0 fully saturated rings. The Kier molecular flexibility index (Phi) is 8.65. The van der Waals surface area contributed by atoms with Crippen LogP contribution >= 0.6 is 0 Å². The van der Waals surface area contributed by atoms with Gasteiger partial charge in [0.1, 0.15) is 0 Å². The second kappa shape index (κ2) is 12.7. The van der Waals surface area contributed by atoms with Crippen molar-refractivity contribution in [3.63, 3.8) is 0 Å². The van der Waals surface area contributed by atoms with E-state index in [0.29, 0.717) is 0 Å². The fourth-order valence-corrected chi connectivity index (χ4v) is 5.87. The van der Waals surface area contributed by atoms with Gasteiger partial charge >= 0.3 is 0 Å². The SMILES string of the molecule is Cc1ccc(S(=O)(=O)NC[C@@H](c2ccccc2)[C@H](N=C(c2ccccc2)c2ccccc2)c2ccccc2)cc1. The van der Waals surface area contributed by atoms with Gasteiger partial charge < -0.3 is 0 Å². The van der Waals surface area contributed by atoms with E-state index >= 15 is 0 Å². The zero-order valence-corrected chi connectivity index (χ0v) is 23.2. The molecule has 2 atom stereocenters. The van der Waals surface area contributed by atoms with Crippen molar-refractivity contribution in [2.24, 2.45) is 4.99 Å². The summed E-state index contributed by atoms with van der Waals surface area (Å²) < 4.78 is 29.6. The normalized spacial score (nSPS) is 12.8. The molecule has 5 rings (SSSR count). The van der Waals surface area contributed by atoms with Crippen molar-refractivity contribution in [2.75, 3.05) is 6.54 Å². The minimum absolute atomic E-state index is 0.181. The van der Waals surface area contributed by atoms with Crippen molar-refractivity contribution < 1.29 is 8.42 Å². The lowest BCUT2D eigenvalue weighted by atomic mass is 9.87. The molecular formula is C35H32N2O2S. The smallest absolute Gasteiger partial charge is 0.240 e. The molecule has 0 unspecified atom stereocenters. The van der Waals surface area contributed by atoms with Crippen LogP contribution in [0.25, 0.3) is 0 Å². The summed E-state index contributed by atoms with van der Waals surface area (Å²) in [6.45, 7) is 2.12. The van der Waals surface area contributed by atoms with Crippen LogP contribution in [0, 0.1) is 6.92 Å². The second-order valence-corrected chi connectivity index (χ2v) is 11.5. The van der Waals surface area contributed by atoms with E-state index in [1.165, 1.54) is 0 Å². The number of benzene rings is 5. The zero-order chi connectivity index (χ0) is 27.8. The number of aliphatic imine (C=N–C) groups is 1. The molecule has 4 nitrogen and oxygen atoms in total. The van der Waals surface area contributed by atoms with Crippen LogP contribution in [0.2, 0.25) is 0 Å². The molecule has 5 aromatic carbocycles. The number of rotatable bonds is 10. The van der Waals surface area contributed by atoms with E-state index < -0.39 is 10.0 Å².